The highest BCUT2D eigenvalue weighted by molar-refractivity contribution is 5.82. The van der Waals surface area contributed by atoms with E-state index >= 15 is 0 Å². The van der Waals surface area contributed by atoms with Crippen molar-refractivity contribution in [2.45, 2.75) is 67.3 Å². The molecule has 0 aromatic rings. The summed E-state index contributed by atoms with van der Waals surface area (Å²) in [7, 11) is 0. The molecule has 96 valence electrons. The Morgan fingerprint density at radius 2 is 1.50 bits per heavy atom. The van der Waals surface area contributed by atoms with Crippen LogP contribution in [0.4, 0.5) is 0 Å². The van der Waals surface area contributed by atoms with Gasteiger partial charge in [-0.2, -0.15) is 0 Å². The summed E-state index contributed by atoms with van der Waals surface area (Å²) in [6.45, 7) is 17.7. The summed E-state index contributed by atoms with van der Waals surface area (Å²) >= 11 is 0. The van der Waals surface area contributed by atoms with E-state index in [0.29, 0.717) is 0 Å². The molecular formula is C14H29NO. The molecule has 2 heteroatoms. The Hall–Kier alpha value is -0.370. The van der Waals surface area contributed by atoms with Crippen LogP contribution in [-0.4, -0.2) is 17.9 Å². The van der Waals surface area contributed by atoms with E-state index < -0.39 is 0 Å². The first-order valence-corrected chi connectivity index (χ1v) is 6.26. The van der Waals surface area contributed by atoms with Gasteiger partial charge in [-0.3, -0.25) is 4.79 Å². The second-order valence-electron chi connectivity index (χ2n) is 6.36. The van der Waals surface area contributed by atoms with Gasteiger partial charge in [-0.15, -0.1) is 0 Å². The summed E-state index contributed by atoms with van der Waals surface area (Å²) in [6, 6.07) is 0. The molecule has 1 N–H and O–H groups in total. The highest BCUT2D eigenvalue weighted by Crippen LogP contribution is 2.46. The maximum Gasteiger partial charge on any atom is 0.136 e. The third kappa shape index (κ3) is 2.65. The molecule has 0 unspecified atom stereocenters. The summed E-state index contributed by atoms with van der Waals surface area (Å²) in [6.07, 6.45) is 1.11. The lowest BCUT2D eigenvalue weighted by molar-refractivity contribution is -0.134. The number of carbonyl (C=O) groups excluding carboxylic acids is 1. The number of Topliss-reactive ketones (excluding diaryl/α,β-unsaturated/α-hetero) is 1. The van der Waals surface area contributed by atoms with Crippen molar-refractivity contribution >= 4 is 5.78 Å². The van der Waals surface area contributed by atoms with Crippen LogP contribution in [-0.2, 0) is 4.79 Å². The zero-order valence-corrected chi connectivity index (χ0v) is 12.3. The number of carbonyl (C=O) groups is 1. The number of rotatable bonds is 6. The summed E-state index contributed by atoms with van der Waals surface area (Å²) in [5, 5.41) is 3.56. The first kappa shape index (κ1) is 15.6. The van der Waals surface area contributed by atoms with Crippen LogP contribution in [0.1, 0.15) is 61.8 Å². The van der Waals surface area contributed by atoms with Crippen molar-refractivity contribution in [2.24, 2.45) is 10.8 Å². The molecule has 0 heterocycles. The van der Waals surface area contributed by atoms with Gasteiger partial charge in [0, 0.05) is 11.0 Å². The molecule has 0 spiro atoms. The fraction of sp³-hybridized carbons (Fsp3) is 0.929. The smallest absolute Gasteiger partial charge is 0.136 e. The third-order valence-electron chi connectivity index (χ3n) is 4.82. The molecule has 0 radical (unpaired) electrons. The Kier molecular flexibility index (Phi) is 4.75. The van der Waals surface area contributed by atoms with Gasteiger partial charge in [0.15, 0.2) is 0 Å². The van der Waals surface area contributed by atoms with E-state index in [0.717, 1.165) is 13.0 Å². The summed E-state index contributed by atoms with van der Waals surface area (Å²) < 4.78 is 0. The average molecular weight is 227 g/mol. The zero-order valence-electron chi connectivity index (χ0n) is 12.3. The minimum Gasteiger partial charge on any atom is -0.311 e. The minimum atomic E-state index is -0.322. The molecule has 0 bridgehead atoms. The molecule has 0 saturated heterocycles. The number of hydrogen-bond donors (Lipinski definition) is 1. The van der Waals surface area contributed by atoms with Crippen molar-refractivity contribution in [2.75, 3.05) is 6.54 Å². The van der Waals surface area contributed by atoms with Gasteiger partial charge in [0.2, 0.25) is 0 Å². The Morgan fingerprint density at radius 3 is 1.81 bits per heavy atom. The summed E-state index contributed by atoms with van der Waals surface area (Å²) in [4.78, 5) is 11.8. The van der Waals surface area contributed by atoms with Crippen LogP contribution in [0.3, 0.4) is 0 Å². The molecule has 0 rings (SSSR count). The summed E-state index contributed by atoms with van der Waals surface area (Å²) in [5.41, 5.74) is -0.476. The largest absolute Gasteiger partial charge is 0.311 e. The molecule has 2 nitrogen and oxygen atoms in total. The fourth-order valence-corrected chi connectivity index (χ4v) is 1.88. The second-order valence-corrected chi connectivity index (χ2v) is 6.36. The molecule has 16 heavy (non-hydrogen) atoms. The highest BCUT2D eigenvalue weighted by Gasteiger charge is 2.49. The fourth-order valence-electron chi connectivity index (χ4n) is 1.88. The van der Waals surface area contributed by atoms with E-state index in [1.165, 1.54) is 0 Å². The van der Waals surface area contributed by atoms with Crippen LogP contribution >= 0.6 is 0 Å². The lowest BCUT2D eigenvalue weighted by Crippen LogP contribution is -2.59. The standard InChI is InChI=1S/C14H29NO/c1-9-10-15-14(7,8)13(5,6)12(3,4)11(2)16/h15H,9-10H2,1-8H3. The lowest BCUT2D eigenvalue weighted by atomic mass is 9.57. The van der Waals surface area contributed by atoms with Crippen molar-refractivity contribution in [3.8, 4) is 0 Å². The van der Waals surface area contributed by atoms with E-state index in [-0.39, 0.29) is 22.2 Å². The lowest BCUT2D eigenvalue weighted by Gasteiger charge is -2.51. The van der Waals surface area contributed by atoms with Gasteiger partial charge >= 0.3 is 0 Å². The van der Waals surface area contributed by atoms with Crippen molar-refractivity contribution < 1.29 is 4.79 Å². The van der Waals surface area contributed by atoms with E-state index in [1.807, 2.05) is 13.8 Å². The Labute approximate surface area is 101 Å². The van der Waals surface area contributed by atoms with E-state index in [4.69, 9.17) is 0 Å². The molecule has 0 aromatic heterocycles. The van der Waals surface area contributed by atoms with Gasteiger partial charge in [0.05, 0.1) is 0 Å². The Bertz CT molecular complexity index is 251. The summed E-state index contributed by atoms with van der Waals surface area (Å²) in [5.74, 6) is 0.254. The van der Waals surface area contributed by atoms with Gasteiger partial charge in [-0.1, -0.05) is 34.6 Å². The van der Waals surface area contributed by atoms with Crippen LogP contribution in [0, 0.1) is 10.8 Å². The molecule has 0 fully saturated rings. The van der Waals surface area contributed by atoms with Crippen LogP contribution < -0.4 is 5.32 Å². The monoisotopic (exact) mass is 227 g/mol. The SMILES string of the molecule is CCCNC(C)(C)C(C)(C)C(C)(C)C(C)=O. The molecule has 0 atom stereocenters. The molecule has 0 aliphatic rings. The number of nitrogens with one attached hydrogen (secondary N) is 1. The average Bonchev–Trinajstić information content (AvgIpc) is 2.13. The highest BCUT2D eigenvalue weighted by atomic mass is 16.1. The van der Waals surface area contributed by atoms with Crippen molar-refractivity contribution in [3.63, 3.8) is 0 Å². The maximum absolute atomic E-state index is 11.8. The van der Waals surface area contributed by atoms with E-state index in [1.54, 1.807) is 6.92 Å². The quantitative estimate of drug-likeness (QED) is 0.753. The van der Waals surface area contributed by atoms with Gasteiger partial charge in [0.25, 0.3) is 0 Å². The molecular weight excluding hydrogens is 198 g/mol. The van der Waals surface area contributed by atoms with Crippen molar-refractivity contribution in [3.05, 3.63) is 0 Å². The van der Waals surface area contributed by atoms with Gasteiger partial charge in [0.1, 0.15) is 5.78 Å². The van der Waals surface area contributed by atoms with E-state index in [9.17, 15) is 4.79 Å². The predicted molar refractivity (Wildman–Crippen MR) is 70.6 cm³/mol. The molecule has 0 aliphatic heterocycles. The number of ketones is 1. The molecule has 0 aromatic carbocycles. The maximum atomic E-state index is 11.8. The topological polar surface area (TPSA) is 29.1 Å². The van der Waals surface area contributed by atoms with Crippen molar-refractivity contribution in [1.82, 2.24) is 5.32 Å². The minimum absolute atomic E-state index is 0.0574. The first-order chi connectivity index (χ1) is 7.00. The Balaban J connectivity index is 5.09. The first-order valence-electron chi connectivity index (χ1n) is 6.26. The number of hydrogen-bond acceptors (Lipinski definition) is 2. The second kappa shape index (κ2) is 4.87. The molecule has 0 amide bonds. The van der Waals surface area contributed by atoms with Crippen LogP contribution in [0.5, 0.6) is 0 Å². The van der Waals surface area contributed by atoms with E-state index in [2.05, 4.69) is 39.9 Å². The van der Waals surface area contributed by atoms with Crippen LogP contribution in [0.15, 0.2) is 0 Å². The third-order valence-corrected chi connectivity index (χ3v) is 4.82. The predicted octanol–water partition coefficient (Wildman–Crippen LogP) is 3.41. The zero-order chi connectivity index (χ0) is 13.2. The van der Waals surface area contributed by atoms with Crippen LogP contribution in [0.2, 0.25) is 0 Å². The normalized spacial score (nSPS) is 14.0. The molecule has 0 aliphatic carbocycles. The van der Waals surface area contributed by atoms with Gasteiger partial charge in [-0.05, 0) is 39.2 Å². The van der Waals surface area contributed by atoms with Gasteiger partial charge < -0.3 is 5.32 Å². The van der Waals surface area contributed by atoms with Crippen LogP contribution in [0.25, 0.3) is 0 Å². The van der Waals surface area contributed by atoms with Gasteiger partial charge in [-0.25, -0.2) is 0 Å². The molecule has 0 saturated carbocycles. The van der Waals surface area contributed by atoms with Crippen molar-refractivity contribution in [1.29, 1.82) is 0 Å². The Morgan fingerprint density at radius 1 is 1.06 bits per heavy atom.